The Morgan fingerprint density at radius 1 is 1.44 bits per heavy atom. The number of aldehydes is 1. The Morgan fingerprint density at radius 3 is 2.67 bits per heavy atom. The fraction of sp³-hybridized carbons (Fsp3) is 0.692. The highest BCUT2D eigenvalue weighted by atomic mass is 28.3. The van der Waals surface area contributed by atoms with Gasteiger partial charge in [-0.3, -0.25) is 0 Å². The molecule has 0 saturated heterocycles. The third-order valence-corrected chi connectivity index (χ3v) is 4.60. The van der Waals surface area contributed by atoms with E-state index >= 15 is 0 Å². The predicted octanol–water partition coefficient (Wildman–Crippen LogP) is 2.67. The number of carbonyl (C=O) groups excluding carboxylic acids is 1. The van der Waals surface area contributed by atoms with Gasteiger partial charge in [-0.1, -0.05) is 19.6 Å². The number of hydrogen-bond donors (Lipinski definition) is 0. The first-order chi connectivity index (χ1) is 8.24. The highest BCUT2D eigenvalue weighted by Gasteiger charge is 2.21. The van der Waals surface area contributed by atoms with Gasteiger partial charge in [0.05, 0.1) is 6.20 Å². The van der Waals surface area contributed by atoms with Gasteiger partial charge in [0.2, 0.25) is 0 Å². The maximum atomic E-state index is 10.9. The first kappa shape index (κ1) is 15.1. The molecule has 0 aliphatic heterocycles. The van der Waals surface area contributed by atoms with Gasteiger partial charge in [0.1, 0.15) is 13.0 Å². The first-order valence-corrected chi connectivity index (χ1v) is 10.0. The van der Waals surface area contributed by atoms with Crippen molar-refractivity contribution < 1.29 is 9.53 Å². The van der Waals surface area contributed by atoms with Gasteiger partial charge < -0.3 is 9.53 Å². The Hall–Kier alpha value is -0.943. The van der Waals surface area contributed by atoms with Crippen LogP contribution in [0.15, 0.2) is 12.4 Å². The number of ether oxygens (including phenoxy) is 1. The molecule has 5 heteroatoms. The second-order valence-corrected chi connectivity index (χ2v) is 12.1. The van der Waals surface area contributed by atoms with E-state index in [-0.39, 0.29) is 0 Å². The Kier molecular flexibility index (Phi) is 4.87. The average molecular weight is 268 g/mol. The summed E-state index contributed by atoms with van der Waals surface area (Å²) in [4.78, 5) is 10.9. The van der Waals surface area contributed by atoms with Crippen molar-refractivity contribution in [3.8, 4) is 0 Å². The lowest BCUT2D eigenvalue weighted by atomic mass is 9.89. The molecular weight excluding hydrogens is 244 g/mol. The van der Waals surface area contributed by atoms with Crippen molar-refractivity contribution in [2.45, 2.75) is 51.7 Å². The van der Waals surface area contributed by atoms with E-state index in [4.69, 9.17) is 4.74 Å². The van der Waals surface area contributed by atoms with Gasteiger partial charge >= 0.3 is 0 Å². The lowest BCUT2D eigenvalue weighted by Gasteiger charge is -2.15. The zero-order valence-corrected chi connectivity index (χ0v) is 13.1. The molecule has 18 heavy (non-hydrogen) atoms. The molecule has 0 fully saturated rings. The molecule has 0 N–H and O–H groups in total. The quantitative estimate of drug-likeness (QED) is 0.434. The standard InChI is InChI=1S/C13H24N2O2Si/c1-13(2,10-16)12-8-14-15(9-12)11-17-6-7-18(3,4)5/h8-10H,6-7,11H2,1-5H3. The summed E-state index contributed by atoms with van der Waals surface area (Å²) in [5.74, 6) is 0. The van der Waals surface area contributed by atoms with Crippen molar-refractivity contribution in [3.63, 3.8) is 0 Å². The molecule has 1 heterocycles. The average Bonchev–Trinajstić information content (AvgIpc) is 2.72. The van der Waals surface area contributed by atoms with E-state index in [9.17, 15) is 4.79 Å². The van der Waals surface area contributed by atoms with Crippen molar-refractivity contribution in [2.24, 2.45) is 0 Å². The summed E-state index contributed by atoms with van der Waals surface area (Å²) < 4.78 is 7.34. The van der Waals surface area contributed by atoms with Gasteiger partial charge in [-0.25, -0.2) is 4.68 Å². The van der Waals surface area contributed by atoms with E-state index in [2.05, 4.69) is 24.7 Å². The maximum absolute atomic E-state index is 10.9. The molecule has 0 aliphatic carbocycles. The van der Waals surface area contributed by atoms with Crippen LogP contribution in [0.2, 0.25) is 25.7 Å². The number of carbonyl (C=O) groups is 1. The molecule has 1 aromatic rings. The third kappa shape index (κ3) is 4.74. The number of nitrogens with zero attached hydrogens (tertiary/aromatic N) is 2. The Bertz CT molecular complexity index is 394. The van der Waals surface area contributed by atoms with Crippen LogP contribution in [0.1, 0.15) is 19.4 Å². The van der Waals surface area contributed by atoms with Gasteiger partial charge in [-0.05, 0) is 19.9 Å². The van der Waals surface area contributed by atoms with E-state index in [0.717, 1.165) is 24.5 Å². The van der Waals surface area contributed by atoms with Crippen LogP contribution in [0.4, 0.5) is 0 Å². The minimum atomic E-state index is -1.03. The fourth-order valence-corrected chi connectivity index (χ4v) is 2.13. The van der Waals surface area contributed by atoms with Crippen LogP contribution in [0.5, 0.6) is 0 Å². The molecule has 0 spiro atoms. The van der Waals surface area contributed by atoms with Crippen LogP contribution in [0.25, 0.3) is 0 Å². The molecule has 0 bridgehead atoms. The Balaban J connectivity index is 2.43. The summed E-state index contributed by atoms with van der Waals surface area (Å²) in [6, 6.07) is 1.15. The van der Waals surface area contributed by atoms with Crippen molar-refractivity contribution >= 4 is 14.4 Å². The van der Waals surface area contributed by atoms with Crippen molar-refractivity contribution in [3.05, 3.63) is 18.0 Å². The molecule has 0 aliphatic rings. The lowest BCUT2D eigenvalue weighted by Crippen LogP contribution is -2.22. The third-order valence-electron chi connectivity index (χ3n) is 2.89. The number of hydrogen-bond acceptors (Lipinski definition) is 3. The zero-order chi connectivity index (χ0) is 13.8. The predicted molar refractivity (Wildman–Crippen MR) is 75.4 cm³/mol. The topological polar surface area (TPSA) is 44.1 Å². The summed E-state index contributed by atoms with van der Waals surface area (Å²) in [6.45, 7) is 12.0. The lowest BCUT2D eigenvalue weighted by molar-refractivity contribution is -0.111. The molecule has 0 saturated carbocycles. The first-order valence-electron chi connectivity index (χ1n) is 6.32. The maximum Gasteiger partial charge on any atom is 0.139 e. The normalized spacial score (nSPS) is 12.7. The van der Waals surface area contributed by atoms with Gasteiger partial charge in [-0.15, -0.1) is 0 Å². The molecule has 102 valence electrons. The van der Waals surface area contributed by atoms with Crippen molar-refractivity contribution in [1.29, 1.82) is 0 Å². The number of aromatic nitrogens is 2. The molecule has 1 rings (SSSR count). The molecule has 1 aromatic heterocycles. The van der Waals surface area contributed by atoms with E-state index in [1.54, 1.807) is 10.9 Å². The van der Waals surface area contributed by atoms with Crippen LogP contribution < -0.4 is 0 Å². The molecule has 0 unspecified atom stereocenters. The highest BCUT2D eigenvalue weighted by molar-refractivity contribution is 6.76. The summed E-state index contributed by atoms with van der Waals surface area (Å²) in [5, 5.41) is 4.21. The minimum absolute atomic E-state index is 0.458. The monoisotopic (exact) mass is 268 g/mol. The molecular formula is C13H24N2O2Si. The molecule has 0 atom stereocenters. The van der Waals surface area contributed by atoms with Crippen LogP contribution in [-0.2, 0) is 21.7 Å². The second kappa shape index (κ2) is 5.80. The van der Waals surface area contributed by atoms with Crippen LogP contribution in [0.3, 0.4) is 0 Å². The fourth-order valence-electron chi connectivity index (χ4n) is 1.37. The van der Waals surface area contributed by atoms with Crippen molar-refractivity contribution in [2.75, 3.05) is 6.61 Å². The van der Waals surface area contributed by atoms with Crippen LogP contribution >= 0.6 is 0 Å². The molecule has 0 radical (unpaired) electrons. The number of rotatable bonds is 7. The molecule has 0 amide bonds. The van der Waals surface area contributed by atoms with Crippen LogP contribution in [0, 0.1) is 0 Å². The summed E-state index contributed by atoms with van der Waals surface area (Å²) in [6.07, 6.45) is 4.56. The highest BCUT2D eigenvalue weighted by Crippen LogP contribution is 2.19. The van der Waals surface area contributed by atoms with Gasteiger partial charge in [0.25, 0.3) is 0 Å². The smallest absolute Gasteiger partial charge is 0.139 e. The van der Waals surface area contributed by atoms with Gasteiger partial charge in [-0.2, -0.15) is 5.10 Å². The van der Waals surface area contributed by atoms with E-state index < -0.39 is 13.5 Å². The summed E-state index contributed by atoms with van der Waals surface area (Å²) in [7, 11) is -1.03. The minimum Gasteiger partial charge on any atom is -0.360 e. The van der Waals surface area contributed by atoms with Crippen molar-refractivity contribution in [1.82, 2.24) is 9.78 Å². The summed E-state index contributed by atoms with van der Waals surface area (Å²) in [5.41, 5.74) is 0.447. The van der Waals surface area contributed by atoms with Gasteiger partial charge in [0, 0.05) is 31.9 Å². The van der Waals surface area contributed by atoms with Gasteiger partial charge in [0.15, 0.2) is 0 Å². The summed E-state index contributed by atoms with van der Waals surface area (Å²) >= 11 is 0. The SMILES string of the molecule is CC(C)(C=O)c1cnn(COCC[Si](C)(C)C)c1. The second-order valence-electron chi connectivity index (χ2n) is 6.46. The van der Waals surface area contributed by atoms with E-state index in [0.29, 0.717) is 6.73 Å². The Morgan fingerprint density at radius 2 is 2.11 bits per heavy atom. The molecule has 4 nitrogen and oxygen atoms in total. The van der Waals surface area contributed by atoms with E-state index in [1.165, 1.54) is 0 Å². The Labute approximate surface area is 110 Å². The largest absolute Gasteiger partial charge is 0.360 e. The van der Waals surface area contributed by atoms with Crippen LogP contribution in [-0.4, -0.2) is 30.7 Å². The zero-order valence-electron chi connectivity index (χ0n) is 12.1. The molecule has 0 aromatic carbocycles. The van der Waals surface area contributed by atoms with E-state index in [1.807, 2.05) is 20.0 Å².